The minimum atomic E-state index is -1.72. The molecule has 0 aromatic heterocycles. The van der Waals surface area contributed by atoms with Crippen LogP contribution in [0.1, 0.15) is 46.0 Å². The molecule has 0 aliphatic heterocycles. The summed E-state index contributed by atoms with van der Waals surface area (Å²) in [6, 6.07) is 0. The lowest BCUT2D eigenvalue weighted by Gasteiger charge is -2.59. The van der Waals surface area contributed by atoms with Crippen LogP contribution in [0, 0.1) is 28.6 Å². The Hall–Kier alpha value is -1.89. The fourth-order valence-corrected chi connectivity index (χ4v) is 7.24. The van der Waals surface area contributed by atoms with Gasteiger partial charge in [0.15, 0.2) is 11.6 Å². The first kappa shape index (κ1) is 23.3. The third kappa shape index (κ3) is 3.22. The maximum atomic E-state index is 13.1. The second kappa shape index (κ2) is 7.86. The molecule has 0 aromatic carbocycles. The van der Waals surface area contributed by atoms with Crippen molar-refractivity contribution in [2.24, 2.45) is 28.6 Å². The lowest BCUT2D eigenvalue weighted by atomic mass is 9.47. The molecule has 0 saturated heterocycles. The number of amides is 1. The van der Waals surface area contributed by atoms with Crippen LogP contribution in [0.4, 0.5) is 0 Å². The molecular formula is C23H30NO7P. The second-order valence-corrected chi connectivity index (χ2v) is 10.4. The quantitative estimate of drug-likeness (QED) is 0.324. The van der Waals surface area contributed by atoms with E-state index < -0.39 is 46.7 Å². The molecule has 8 atom stereocenters. The van der Waals surface area contributed by atoms with Gasteiger partial charge in [0.2, 0.25) is 0 Å². The number of carbonyl (C=O) groups is 4. The van der Waals surface area contributed by atoms with E-state index in [-0.39, 0.29) is 36.4 Å². The van der Waals surface area contributed by atoms with Crippen LogP contribution in [0.25, 0.3) is 0 Å². The molecule has 2 saturated carbocycles. The van der Waals surface area contributed by atoms with Crippen molar-refractivity contribution >= 4 is 32.9 Å². The maximum absolute atomic E-state index is 13.1. The van der Waals surface area contributed by atoms with Gasteiger partial charge >= 0.3 is 11.9 Å². The molecule has 0 radical (unpaired) electrons. The summed E-state index contributed by atoms with van der Waals surface area (Å²) in [5.74, 6) is -2.75. The Morgan fingerprint density at radius 3 is 2.72 bits per heavy atom. The molecule has 1 amide bonds. The number of aliphatic hydroxyl groups excluding tert-OH is 1. The van der Waals surface area contributed by atoms with Crippen molar-refractivity contribution < 1.29 is 33.9 Å². The van der Waals surface area contributed by atoms with Crippen molar-refractivity contribution in [3.8, 4) is 0 Å². The van der Waals surface area contributed by atoms with Crippen LogP contribution in [0.15, 0.2) is 23.8 Å². The fourth-order valence-electron chi connectivity index (χ4n) is 7.13. The Morgan fingerprint density at radius 2 is 2.03 bits per heavy atom. The van der Waals surface area contributed by atoms with Gasteiger partial charge in [-0.3, -0.25) is 14.4 Å². The van der Waals surface area contributed by atoms with E-state index in [4.69, 9.17) is 0 Å². The van der Waals surface area contributed by atoms with Crippen LogP contribution in [0.3, 0.4) is 0 Å². The monoisotopic (exact) mass is 463 g/mol. The van der Waals surface area contributed by atoms with Crippen molar-refractivity contribution in [2.45, 2.75) is 57.7 Å². The highest BCUT2D eigenvalue weighted by molar-refractivity contribution is 7.11. The van der Waals surface area contributed by atoms with Crippen LogP contribution in [0.2, 0.25) is 0 Å². The Balaban J connectivity index is 1.60. The largest absolute Gasteiger partial charge is 0.444 e. The summed E-state index contributed by atoms with van der Waals surface area (Å²) in [4.78, 5) is 48.0. The highest BCUT2D eigenvalue weighted by Crippen LogP contribution is 2.66. The number of aliphatic hydroxyl groups is 2. The number of carbonyl (C=O) groups excluding carboxylic acids is 4. The van der Waals surface area contributed by atoms with Crippen molar-refractivity contribution in [3.05, 3.63) is 23.8 Å². The molecule has 0 spiro atoms. The van der Waals surface area contributed by atoms with E-state index >= 15 is 0 Å². The van der Waals surface area contributed by atoms with Gasteiger partial charge in [-0.05, 0) is 43.6 Å². The minimum Gasteiger partial charge on any atom is -0.444 e. The average molecular weight is 463 g/mol. The van der Waals surface area contributed by atoms with Gasteiger partial charge in [0, 0.05) is 23.2 Å². The Bertz CT molecular complexity index is 945. The number of rotatable bonds is 3. The summed E-state index contributed by atoms with van der Waals surface area (Å²) < 4.78 is 4.26. The second-order valence-electron chi connectivity index (χ2n) is 10.1. The average Bonchev–Trinajstić information content (AvgIpc) is 3.02. The van der Waals surface area contributed by atoms with Crippen molar-refractivity contribution in [2.75, 3.05) is 6.54 Å². The molecule has 0 bridgehead atoms. The van der Waals surface area contributed by atoms with Crippen LogP contribution < -0.4 is 5.32 Å². The zero-order chi connectivity index (χ0) is 23.5. The van der Waals surface area contributed by atoms with Gasteiger partial charge < -0.3 is 20.1 Å². The normalized spacial score (nSPS) is 42.3. The van der Waals surface area contributed by atoms with Gasteiger partial charge in [0.25, 0.3) is 0 Å². The molecule has 32 heavy (non-hydrogen) atoms. The van der Waals surface area contributed by atoms with Crippen molar-refractivity contribution in [3.63, 3.8) is 0 Å². The zero-order valence-electron chi connectivity index (χ0n) is 18.3. The summed E-state index contributed by atoms with van der Waals surface area (Å²) in [5.41, 5.74) is -1.96. The molecule has 4 aliphatic rings. The molecule has 4 rings (SSSR count). The summed E-state index contributed by atoms with van der Waals surface area (Å²) >= 11 is 0. The van der Waals surface area contributed by atoms with E-state index in [1.54, 1.807) is 15.5 Å². The number of fused-ring (bicyclic) bond motifs is 5. The lowest BCUT2D eigenvalue weighted by molar-refractivity contribution is -0.174. The van der Waals surface area contributed by atoms with Gasteiger partial charge in [0.05, 0.1) is 22.1 Å². The zero-order valence-corrected chi connectivity index (χ0v) is 19.5. The van der Waals surface area contributed by atoms with Crippen LogP contribution in [-0.4, -0.2) is 51.9 Å². The van der Waals surface area contributed by atoms with E-state index in [2.05, 4.69) is 22.8 Å². The standard InChI is InChI=1S/C23H30NO7P/c1-21-7-5-13(25)9-12(21)3-4-14-15-6-8-23(30,22(15,2)10-16(26)18(14)21)17(27)11-24-19(28)20(29)31-32/h3,5,7,14-16,18,26,30H,4,6,8-11,32H2,1-2H3,(H,24,28). The summed E-state index contributed by atoms with van der Waals surface area (Å²) in [6.07, 6.45) is 7.03. The summed E-state index contributed by atoms with van der Waals surface area (Å²) in [6.45, 7) is 3.42. The van der Waals surface area contributed by atoms with Gasteiger partial charge in [-0.2, -0.15) is 0 Å². The molecule has 2 fully saturated rings. The molecule has 4 aliphatic carbocycles. The number of allylic oxidation sites excluding steroid dienone is 4. The van der Waals surface area contributed by atoms with Crippen molar-refractivity contribution in [1.29, 1.82) is 0 Å². The molecule has 174 valence electrons. The smallest absolute Gasteiger partial charge is 0.398 e. The maximum Gasteiger partial charge on any atom is 0.398 e. The highest BCUT2D eigenvalue weighted by Gasteiger charge is 2.67. The molecule has 9 heteroatoms. The number of Topliss-reactive ketones (excluding diaryl/α,β-unsaturated/α-hetero) is 1. The number of nitrogens with one attached hydrogen (secondary N) is 1. The van der Waals surface area contributed by atoms with Gasteiger partial charge in [-0.15, -0.1) is 0 Å². The van der Waals surface area contributed by atoms with Crippen LogP contribution in [0.5, 0.6) is 0 Å². The molecule has 0 aromatic rings. The van der Waals surface area contributed by atoms with E-state index in [1.807, 2.05) is 13.0 Å². The Labute approximate surface area is 189 Å². The van der Waals surface area contributed by atoms with E-state index in [0.717, 1.165) is 5.57 Å². The van der Waals surface area contributed by atoms with Crippen molar-refractivity contribution in [1.82, 2.24) is 5.32 Å². The number of hydrogen-bond acceptors (Lipinski definition) is 7. The number of ketones is 2. The molecular weight excluding hydrogens is 433 g/mol. The lowest BCUT2D eigenvalue weighted by Crippen LogP contribution is -2.62. The summed E-state index contributed by atoms with van der Waals surface area (Å²) in [5, 5.41) is 25.1. The van der Waals surface area contributed by atoms with Crippen LogP contribution in [-0.2, 0) is 23.7 Å². The Kier molecular flexibility index (Phi) is 5.71. The third-order valence-electron chi connectivity index (χ3n) is 8.77. The fraction of sp³-hybridized carbons (Fsp3) is 0.652. The van der Waals surface area contributed by atoms with Crippen LogP contribution >= 0.6 is 9.47 Å². The first-order valence-electron chi connectivity index (χ1n) is 11.0. The third-order valence-corrected chi connectivity index (χ3v) is 8.98. The first-order valence-corrected chi connectivity index (χ1v) is 11.5. The molecule has 3 N–H and O–H groups in total. The predicted octanol–water partition coefficient (Wildman–Crippen LogP) is 1.01. The molecule has 8 unspecified atom stereocenters. The van der Waals surface area contributed by atoms with Gasteiger partial charge in [-0.1, -0.05) is 31.6 Å². The highest BCUT2D eigenvalue weighted by atomic mass is 31.0. The minimum absolute atomic E-state index is 0.00166. The van der Waals surface area contributed by atoms with E-state index in [0.29, 0.717) is 19.3 Å². The van der Waals surface area contributed by atoms with E-state index in [1.165, 1.54) is 0 Å². The summed E-state index contributed by atoms with van der Waals surface area (Å²) in [7, 11) is 1.67. The first-order chi connectivity index (χ1) is 15.0. The molecule has 8 nitrogen and oxygen atoms in total. The van der Waals surface area contributed by atoms with E-state index in [9.17, 15) is 29.4 Å². The Morgan fingerprint density at radius 1 is 1.31 bits per heavy atom. The SMILES string of the molecule is CC12C=CC(=O)CC1=CCC1C2C(O)CC2(C)C1CCC2(O)C(=O)CNC(=O)C(=O)OP. The van der Waals surface area contributed by atoms with Gasteiger partial charge in [0.1, 0.15) is 5.60 Å². The topological polar surface area (TPSA) is 130 Å². The van der Waals surface area contributed by atoms with Gasteiger partial charge in [-0.25, -0.2) is 4.79 Å². The molecule has 0 heterocycles. The predicted molar refractivity (Wildman–Crippen MR) is 117 cm³/mol. The number of hydrogen-bond donors (Lipinski definition) is 3.